The van der Waals surface area contributed by atoms with Crippen molar-refractivity contribution in [1.29, 1.82) is 0 Å². The third kappa shape index (κ3) is 4.26. The van der Waals surface area contributed by atoms with Gasteiger partial charge in [0.15, 0.2) is 0 Å². The average Bonchev–Trinajstić information content (AvgIpc) is 3.05. The number of carbonyl (C=O) groups excluding carboxylic acids is 1. The summed E-state index contributed by atoms with van der Waals surface area (Å²) in [6, 6.07) is 0.366. The van der Waals surface area contributed by atoms with Crippen LogP contribution < -0.4 is 5.32 Å². The van der Waals surface area contributed by atoms with E-state index in [1.165, 1.54) is 57.8 Å². The molecule has 4 rings (SSSR count). The maximum atomic E-state index is 11.6. The van der Waals surface area contributed by atoms with Gasteiger partial charge in [-0.05, 0) is 97.7 Å². The van der Waals surface area contributed by atoms with E-state index in [9.17, 15) is 4.79 Å². The maximum Gasteiger partial charge on any atom is 0.217 e. The monoisotopic (exact) mass is 427 g/mol. The van der Waals surface area contributed by atoms with Crippen LogP contribution in [0.4, 0.5) is 0 Å². The molecule has 176 valence electrons. The van der Waals surface area contributed by atoms with Crippen LogP contribution in [0.25, 0.3) is 0 Å². The first-order valence-corrected chi connectivity index (χ1v) is 13.6. The highest BCUT2D eigenvalue weighted by atomic mass is 16.1. The predicted octanol–water partition coefficient (Wildman–Crippen LogP) is 7.53. The molecule has 4 aliphatic rings. The van der Waals surface area contributed by atoms with Crippen LogP contribution in [0.2, 0.25) is 0 Å². The summed E-state index contributed by atoms with van der Waals surface area (Å²) in [6.45, 7) is 14.3. The first-order valence-electron chi connectivity index (χ1n) is 13.6. The van der Waals surface area contributed by atoms with Crippen LogP contribution in [0, 0.1) is 46.3 Å². The number of hydrogen-bond acceptors (Lipinski definition) is 1. The lowest BCUT2D eigenvalue weighted by atomic mass is 9.47. The van der Waals surface area contributed by atoms with Crippen molar-refractivity contribution in [1.82, 2.24) is 5.32 Å². The fourth-order valence-corrected chi connectivity index (χ4v) is 9.10. The molecule has 4 aliphatic carbocycles. The number of rotatable bonds is 6. The molecule has 0 aromatic rings. The summed E-state index contributed by atoms with van der Waals surface area (Å²) in [7, 11) is 0. The summed E-state index contributed by atoms with van der Waals surface area (Å²) in [4.78, 5) is 11.6. The summed E-state index contributed by atoms with van der Waals surface area (Å²) < 4.78 is 0. The molecule has 0 aliphatic heterocycles. The number of hydrogen-bond donors (Lipinski definition) is 1. The summed E-state index contributed by atoms with van der Waals surface area (Å²) in [6.07, 6.45) is 17.6. The van der Waals surface area contributed by atoms with Crippen LogP contribution in [0.1, 0.15) is 112 Å². The molecular weight excluding hydrogens is 378 g/mol. The molecule has 3 fully saturated rings. The molecule has 31 heavy (non-hydrogen) atoms. The number of fused-ring (bicyclic) bond motifs is 5. The molecule has 1 amide bonds. The second-order valence-electron chi connectivity index (χ2n) is 12.9. The molecule has 0 aromatic heterocycles. The quantitative estimate of drug-likeness (QED) is 0.436. The molecule has 3 saturated carbocycles. The Kier molecular flexibility index (Phi) is 6.68. The van der Waals surface area contributed by atoms with Crippen LogP contribution in [-0.2, 0) is 4.79 Å². The Balaban J connectivity index is 1.47. The maximum absolute atomic E-state index is 11.6. The Bertz CT molecular complexity index is 695. The molecule has 8 atom stereocenters. The van der Waals surface area contributed by atoms with Crippen molar-refractivity contribution in [2.45, 2.75) is 118 Å². The van der Waals surface area contributed by atoms with Gasteiger partial charge in [-0.1, -0.05) is 65.5 Å². The van der Waals surface area contributed by atoms with Gasteiger partial charge < -0.3 is 5.32 Å². The zero-order chi connectivity index (χ0) is 22.4. The summed E-state index contributed by atoms with van der Waals surface area (Å²) in [5.74, 6) is 5.53. The minimum absolute atomic E-state index is 0.135. The van der Waals surface area contributed by atoms with E-state index in [1.807, 2.05) is 0 Å². The van der Waals surface area contributed by atoms with E-state index in [4.69, 9.17) is 0 Å². The first-order chi connectivity index (χ1) is 14.6. The highest BCUT2D eigenvalue weighted by Crippen LogP contribution is 2.67. The topological polar surface area (TPSA) is 29.1 Å². The third-order valence-corrected chi connectivity index (χ3v) is 10.7. The molecule has 0 radical (unpaired) electrons. The molecule has 2 heteroatoms. The lowest BCUT2D eigenvalue weighted by Crippen LogP contribution is -2.52. The SMILES string of the molecule is CC(=O)N[C@H]1CC[C@@]2(C)C(=CC[C@@H]3[C@H]4CC[C@@H]([C@H](C)CCCC(C)C)[C@@]4(C)CC[C@H]32)C1. The molecule has 0 unspecified atom stereocenters. The van der Waals surface area contributed by atoms with Crippen LogP contribution in [0.15, 0.2) is 11.6 Å². The number of carbonyl (C=O) groups is 1. The van der Waals surface area contributed by atoms with Crippen molar-refractivity contribution < 1.29 is 4.79 Å². The molecule has 0 aromatic carbocycles. The Morgan fingerprint density at radius 1 is 1.06 bits per heavy atom. The van der Waals surface area contributed by atoms with E-state index in [0.29, 0.717) is 16.9 Å². The van der Waals surface area contributed by atoms with Gasteiger partial charge >= 0.3 is 0 Å². The standard InChI is InChI=1S/C29H49NO/c1-19(2)8-7-9-20(3)25-12-13-26-24-11-10-22-18-23(30-21(4)31)14-16-28(22,5)27(24)15-17-29(25,26)6/h10,19-20,23-27H,7-9,11-18H2,1-6H3,(H,30,31)/t20-,23+,24-,25+,26-,27-,28+,29-/m1/s1. The van der Waals surface area contributed by atoms with Crippen molar-refractivity contribution in [3.05, 3.63) is 11.6 Å². The van der Waals surface area contributed by atoms with Gasteiger partial charge in [0.1, 0.15) is 0 Å². The zero-order valence-electron chi connectivity index (χ0n) is 21.3. The molecule has 0 saturated heterocycles. The summed E-state index contributed by atoms with van der Waals surface area (Å²) in [5, 5.41) is 3.21. The van der Waals surface area contributed by atoms with E-state index in [-0.39, 0.29) is 5.91 Å². The predicted molar refractivity (Wildman–Crippen MR) is 131 cm³/mol. The van der Waals surface area contributed by atoms with Gasteiger partial charge in [0, 0.05) is 13.0 Å². The lowest BCUT2D eigenvalue weighted by molar-refractivity contribution is -0.120. The minimum atomic E-state index is 0.135. The van der Waals surface area contributed by atoms with Crippen LogP contribution in [-0.4, -0.2) is 11.9 Å². The Morgan fingerprint density at radius 3 is 2.55 bits per heavy atom. The van der Waals surface area contributed by atoms with Gasteiger partial charge in [-0.25, -0.2) is 0 Å². The number of allylic oxidation sites excluding steroid dienone is 1. The molecule has 0 spiro atoms. The van der Waals surface area contributed by atoms with E-state index < -0.39 is 0 Å². The molecule has 0 bridgehead atoms. The van der Waals surface area contributed by atoms with Crippen LogP contribution in [0.3, 0.4) is 0 Å². The first kappa shape index (κ1) is 23.4. The van der Waals surface area contributed by atoms with E-state index in [0.717, 1.165) is 48.3 Å². The zero-order valence-corrected chi connectivity index (χ0v) is 21.3. The second kappa shape index (κ2) is 8.86. The molecule has 2 nitrogen and oxygen atoms in total. The lowest BCUT2D eigenvalue weighted by Gasteiger charge is -2.58. The van der Waals surface area contributed by atoms with E-state index >= 15 is 0 Å². The highest BCUT2D eigenvalue weighted by molar-refractivity contribution is 5.73. The fourth-order valence-electron chi connectivity index (χ4n) is 9.10. The van der Waals surface area contributed by atoms with Gasteiger partial charge in [0.05, 0.1) is 0 Å². The summed E-state index contributed by atoms with van der Waals surface area (Å²) >= 11 is 0. The van der Waals surface area contributed by atoms with Crippen molar-refractivity contribution in [2.24, 2.45) is 46.3 Å². The van der Waals surface area contributed by atoms with Gasteiger partial charge in [-0.2, -0.15) is 0 Å². The van der Waals surface area contributed by atoms with Gasteiger partial charge in [0.2, 0.25) is 5.91 Å². The van der Waals surface area contributed by atoms with Crippen molar-refractivity contribution in [2.75, 3.05) is 0 Å². The van der Waals surface area contributed by atoms with Gasteiger partial charge in [-0.15, -0.1) is 0 Å². The second-order valence-corrected chi connectivity index (χ2v) is 12.9. The largest absolute Gasteiger partial charge is 0.353 e. The number of nitrogens with one attached hydrogen (secondary N) is 1. The highest BCUT2D eigenvalue weighted by Gasteiger charge is 2.59. The normalized spacial score (nSPS) is 42.9. The average molecular weight is 428 g/mol. The van der Waals surface area contributed by atoms with Gasteiger partial charge in [0.25, 0.3) is 0 Å². The third-order valence-electron chi connectivity index (χ3n) is 10.7. The fraction of sp³-hybridized carbons (Fsp3) is 0.897. The Labute approximate surface area is 192 Å². The van der Waals surface area contributed by atoms with E-state index in [1.54, 1.807) is 12.5 Å². The Morgan fingerprint density at radius 2 is 1.84 bits per heavy atom. The smallest absolute Gasteiger partial charge is 0.217 e. The van der Waals surface area contributed by atoms with E-state index in [2.05, 4.69) is 46.0 Å². The number of amides is 1. The van der Waals surface area contributed by atoms with Crippen molar-refractivity contribution in [3.63, 3.8) is 0 Å². The summed E-state index contributed by atoms with van der Waals surface area (Å²) in [5.41, 5.74) is 2.65. The van der Waals surface area contributed by atoms with Crippen LogP contribution in [0.5, 0.6) is 0 Å². The van der Waals surface area contributed by atoms with Crippen LogP contribution >= 0.6 is 0 Å². The Hall–Kier alpha value is -0.790. The molecular formula is C29H49NO. The van der Waals surface area contributed by atoms with Crippen molar-refractivity contribution in [3.8, 4) is 0 Å². The van der Waals surface area contributed by atoms with Gasteiger partial charge in [-0.3, -0.25) is 4.79 Å². The van der Waals surface area contributed by atoms with Crippen molar-refractivity contribution >= 4 is 5.91 Å². The molecule has 1 N–H and O–H groups in total. The molecule has 0 heterocycles. The minimum Gasteiger partial charge on any atom is -0.353 e.